The molecule has 0 radical (unpaired) electrons. The van der Waals surface area contributed by atoms with Crippen LogP contribution in [-0.4, -0.2) is 85.2 Å². The Kier molecular flexibility index (Phi) is 7.87. The lowest BCUT2D eigenvalue weighted by Gasteiger charge is -2.35. The third-order valence-corrected chi connectivity index (χ3v) is 4.62. The average molecular weight is 362 g/mol. The first-order valence-electron chi connectivity index (χ1n) is 9.15. The van der Waals surface area contributed by atoms with Crippen LogP contribution in [0.3, 0.4) is 0 Å². The third-order valence-electron chi connectivity index (χ3n) is 4.62. The zero-order valence-corrected chi connectivity index (χ0v) is 15.7. The van der Waals surface area contributed by atoms with E-state index in [1.807, 2.05) is 30.3 Å². The SMILES string of the molecule is CN(C)CCCN1CCN(C(=O)N[C@H](CC(=O)O)c2ccccc2)CC1. The molecule has 1 saturated heterocycles. The number of urea groups is 1. The fraction of sp³-hybridized carbons (Fsp3) is 0.579. The van der Waals surface area contributed by atoms with Crippen LogP contribution in [0.2, 0.25) is 0 Å². The van der Waals surface area contributed by atoms with E-state index >= 15 is 0 Å². The number of carboxylic acids is 1. The molecule has 2 rings (SSSR count). The minimum absolute atomic E-state index is 0.125. The Balaban J connectivity index is 1.83. The summed E-state index contributed by atoms with van der Waals surface area (Å²) < 4.78 is 0. The molecule has 1 aromatic rings. The normalized spacial score (nSPS) is 16.5. The van der Waals surface area contributed by atoms with Crippen LogP contribution >= 0.6 is 0 Å². The van der Waals surface area contributed by atoms with Crippen LogP contribution in [0.15, 0.2) is 30.3 Å². The summed E-state index contributed by atoms with van der Waals surface area (Å²) in [7, 11) is 4.14. The van der Waals surface area contributed by atoms with Crippen molar-refractivity contribution in [3.63, 3.8) is 0 Å². The molecule has 144 valence electrons. The number of carbonyl (C=O) groups is 2. The second kappa shape index (κ2) is 10.1. The van der Waals surface area contributed by atoms with E-state index in [9.17, 15) is 9.59 Å². The maximum Gasteiger partial charge on any atom is 0.317 e. The van der Waals surface area contributed by atoms with Gasteiger partial charge < -0.3 is 20.2 Å². The molecule has 7 nitrogen and oxygen atoms in total. The van der Waals surface area contributed by atoms with Gasteiger partial charge in [0.15, 0.2) is 0 Å². The quantitative estimate of drug-likeness (QED) is 0.733. The first kappa shape index (κ1) is 20.2. The molecule has 1 aliphatic heterocycles. The summed E-state index contributed by atoms with van der Waals surface area (Å²) in [5.41, 5.74) is 0.811. The van der Waals surface area contributed by atoms with Crippen molar-refractivity contribution in [2.75, 3.05) is 53.4 Å². The van der Waals surface area contributed by atoms with Crippen LogP contribution in [0.25, 0.3) is 0 Å². The van der Waals surface area contributed by atoms with Crippen LogP contribution in [0.5, 0.6) is 0 Å². The number of benzene rings is 1. The van der Waals surface area contributed by atoms with Crippen LogP contribution < -0.4 is 5.32 Å². The molecule has 2 N–H and O–H groups in total. The van der Waals surface area contributed by atoms with E-state index in [-0.39, 0.29) is 12.5 Å². The Morgan fingerprint density at radius 1 is 1.15 bits per heavy atom. The van der Waals surface area contributed by atoms with E-state index in [1.165, 1.54) is 0 Å². The van der Waals surface area contributed by atoms with E-state index in [0.29, 0.717) is 13.1 Å². The lowest BCUT2D eigenvalue weighted by atomic mass is 10.0. The van der Waals surface area contributed by atoms with Crippen molar-refractivity contribution < 1.29 is 14.7 Å². The number of nitrogens with zero attached hydrogens (tertiary/aromatic N) is 3. The molecule has 0 unspecified atom stereocenters. The highest BCUT2D eigenvalue weighted by Gasteiger charge is 2.24. The summed E-state index contributed by atoms with van der Waals surface area (Å²) in [6, 6.07) is 8.56. The van der Waals surface area contributed by atoms with E-state index in [0.717, 1.165) is 38.2 Å². The predicted octanol–water partition coefficient (Wildman–Crippen LogP) is 1.48. The Morgan fingerprint density at radius 3 is 2.38 bits per heavy atom. The van der Waals surface area contributed by atoms with Crippen molar-refractivity contribution >= 4 is 12.0 Å². The zero-order valence-electron chi connectivity index (χ0n) is 15.7. The molecular weight excluding hydrogens is 332 g/mol. The molecule has 1 aliphatic rings. The summed E-state index contributed by atoms with van der Waals surface area (Å²) >= 11 is 0. The molecule has 0 bridgehead atoms. The molecule has 7 heteroatoms. The Labute approximate surface area is 155 Å². The standard InChI is InChI=1S/C19H30N4O3/c1-21(2)9-6-10-22-11-13-23(14-12-22)19(26)20-17(15-18(24)25)16-7-4-3-5-8-16/h3-5,7-8,17H,6,9-15H2,1-2H3,(H,20,26)(H,24,25)/t17-/m1/s1. The number of rotatable bonds is 8. The van der Waals surface area contributed by atoms with Crippen molar-refractivity contribution in [1.82, 2.24) is 20.0 Å². The van der Waals surface area contributed by atoms with E-state index in [4.69, 9.17) is 5.11 Å². The number of hydrogen-bond donors (Lipinski definition) is 2. The third kappa shape index (κ3) is 6.65. The van der Waals surface area contributed by atoms with Crippen molar-refractivity contribution in [3.8, 4) is 0 Å². The van der Waals surface area contributed by atoms with Crippen LogP contribution in [0.4, 0.5) is 4.79 Å². The molecule has 0 spiro atoms. The maximum absolute atomic E-state index is 12.6. The molecule has 0 aliphatic carbocycles. The van der Waals surface area contributed by atoms with Crippen LogP contribution in [-0.2, 0) is 4.79 Å². The van der Waals surface area contributed by atoms with Gasteiger partial charge in [-0.3, -0.25) is 9.69 Å². The Hall–Kier alpha value is -2.12. The summed E-state index contributed by atoms with van der Waals surface area (Å²) in [5.74, 6) is -0.926. The largest absolute Gasteiger partial charge is 0.481 e. The molecule has 1 fully saturated rings. The van der Waals surface area contributed by atoms with Crippen molar-refractivity contribution in [3.05, 3.63) is 35.9 Å². The number of carbonyl (C=O) groups excluding carboxylic acids is 1. The topological polar surface area (TPSA) is 76.1 Å². The first-order chi connectivity index (χ1) is 12.5. The van der Waals surface area contributed by atoms with Gasteiger partial charge in [-0.25, -0.2) is 4.79 Å². The second-order valence-electron chi connectivity index (χ2n) is 7.00. The summed E-state index contributed by atoms with van der Waals surface area (Å²) in [4.78, 5) is 30.1. The highest BCUT2D eigenvalue weighted by atomic mass is 16.4. The van der Waals surface area contributed by atoms with Crippen LogP contribution in [0, 0.1) is 0 Å². The second-order valence-corrected chi connectivity index (χ2v) is 7.00. The molecule has 0 saturated carbocycles. The predicted molar refractivity (Wildman–Crippen MR) is 101 cm³/mol. The van der Waals surface area contributed by atoms with Crippen LogP contribution in [0.1, 0.15) is 24.4 Å². The number of nitrogens with one attached hydrogen (secondary N) is 1. The number of carboxylic acid groups (broad SMARTS) is 1. The average Bonchev–Trinajstić information content (AvgIpc) is 2.62. The number of hydrogen-bond acceptors (Lipinski definition) is 4. The fourth-order valence-electron chi connectivity index (χ4n) is 3.14. The summed E-state index contributed by atoms with van der Waals surface area (Å²) in [5, 5.41) is 12.0. The Morgan fingerprint density at radius 2 is 1.81 bits per heavy atom. The van der Waals surface area contributed by atoms with Gasteiger partial charge in [-0.2, -0.15) is 0 Å². The number of aliphatic carboxylic acids is 1. The van der Waals surface area contributed by atoms with Gasteiger partial charge in [-0.15, -0.1) is 0 Å². The molecule has 1 atom stereocenters. The van der Waals surface area contributed by atoms with Gasteiger partial charge in [-0.1, -0.05) is 30.3 Å². The van der Waals surface area contributed by atoms with E-state index in [1.54, 1.807) is 4.90 Å². The number of amides is 2. The Bertz CT molecular complexity index is 571. The van der Waals surface area contributed by atoms with Gasteiger partial charge >= 0.3 is 12.0 Å². The lowest BCUT2D eigenvalue weighted by molar-refractivity contribution is -0.137. The van der Waals surface area contributed by atoms with Gasteiger partial charge in [0.05, 0.1) is 12.5 Å². The molecule has 2 amide bonds. The maximum atomic E-state index is 12.6. The molecule has 1 aromatic carbocycles. The molecule has 0 aromatic heterocycles. The fourth-order valence-corrected chi connectivity index (χ4v) is 3.14. The van der Waals surface area contributed by atoms with Crippen molar-refractivity contribution in [2.45, 2.75) is 18.9 Å². The zero-order chi connectivity index (χ0) is 18.9. The minimum Gasteiger partial charge on any atom is -0.481 e. The van der Waals surface area contributed by atoms with E-state index < -0.39 is 12.0 Å². The molecule has 1 heterocycles. The monoisotopic (exact) mass is 362 g/mol. The van der Waals surface area contributed by atoms with Gasteiger partial charge in [0.2, 0.25) is 0 Å². The minimum atomic E-state index is -0.926. The van der Waals surface area contributed by atoms with Gasteiger partial charge in [0, 0.05) is 26.2 Å². The molecular formula is C19H30N4O3. The van der Waals surface area contributed by atoms with E-state index in [2.05, 4.69) is 29.2 Å². The molecule has 26 heavy (non-hydrogen) atoms. The summed E-state index contributed by atoms with van der Waals surface area (Å²) in [6.07, 6.45) is 0.994. The highest BCUT2D eigenvalue weighted by Crippen LogP contribution is 2.17. The smallest absolute Gasteiger partial charge is 0.317 e. The van der Waals surface area contributed by atoms with Crippen molar-refractivity contribution in [1.29, 1.82) is 0 Å². The number of piperazine rings is 1. The first-order valence-corrected chi connectivity index (χ1v) is 9.15. The van der Waals surface area contributed by atoms with Gasteiger partial charge in [0.1, 0.15) is 0 Å². The van der Waals surface area contributed by atoms with Gasteiger partial charge in [-0.05, 0) is 39.2 Å². The highest BCUT2D eigenvalue weighted by molar-refractivity contribution is 5.76. The van der Waals surface area contributed by atoms with Gasteiger partial charge in [0.25, 0.3) is 0 Å². The summed E-state index contributed by atoms with van der Waals surface area (Å²) in [6.45, 7) is 5.16. The van der Waals surface area contributed by atoms with Crippen molar-refractivity contribution in [2.24, 2.45) is 0 Å². The lowest BCUT2D eigenvalue weighted by Crippen LogP contribution is -2.52.